The van der Waals surface area contributed by atoms with Crippen LogP contribution in [0, 0.1) is 0 Å². The largest absolute Gasteiger partial charge is 0.247 e. The van der Waals surface area contributed by atoms with Crippen LogP contribution >= 0.6 is 0 Å². The van der Waals surface area contributed by atoms with Gasteiger partial charge in [0, 0.05) is 43.4 Å². The van der Waals surface area contributed by atoms with Crippen molar-refractivity contribution in [3.8, 4) is 44.8 Å². The molecule has 0 spiro atoms. The van der Waals surface area contributed by atoms with Crippen molar-refractivity contribution in [2.24, 2.45) is 0 Å². The molecule has 2 heterocycles. The zero-order chi connectivity index (χ0) is 35.6. The number of fused-ring (bicyclic) bond motifs is 10. The lowest BCUT2D eigenvalue weighted by Gasteiger charge is -2.18. The first-order chi connectivity index (χ1) is 26.8. The molecule has 54 heavy (non-hydrogen) atoms. The molecular weight excluding hydrogens is 653 g/mol. The van der Waals surface area contributed by atoms with Gasteiger partial charge < -0.3 is 0 Å². The Hall–Kier alpha value is -7.16. The highest BCUT2D eigenvalue weighted by Crippen LogP contribution is 2.44. The second-order valence-electron chi connectivity index (χ2n) is 14.1. The molecule has 2 nitrogen and oxygen atoms in total. The zero-order valence-corrected chi connectivity index (χ0v) is 29.4. The second-order valence-corrected chi connectivity index (χ2v) is 14.1. The summed E-state index contributed by atoms with van der Waals surface area (Å²) >= 11 is 0. The number of pyridine rings is 2. The summed E-state index contributed by atoms with van der Waals surface area (Å²) in [6.45, 7) is 0. The maximum absolute atomic E-state index is 5.44. The standard InChI is InChI=1S/C52H32N2/c1-3-15-33(16-4-1)36-29-37(31-38(30-36)52-44-28-27-34-17-7-8-20-39(34)49(44)42-23-11-13-25-47(42)54-52)45-32-46-50(41-22-10-9-21-40(41)45)43-24-12-14-26-48(43)53-51(46)35-18-5-2-6-19-35/h1-32H. The Morgan fingerprint density at radius 2 is 0.759 bits per heavy atom. The average Bonchev–Trinajstić information content (AvgIpc) is 3.25. The van der Waals surface area contributed by atoms with E-state index in [1.807, 2.05) is 0 Å². The highest BCUT2D eigenvalue weighted by Gasteiger charge is 2.19. The highest BCUT2D eigenvalue weighted by molar-refractivity contribution is 6.26. The van der Waals surface area contributed by atoms with Crippen LogP contribution in [0.2, 0.25) is 0 Å². The van der Waals surface area contributed by atoms with Crippen molar-refractivity contribution in [1.82, 2.24) is 9.97 Å². The molecule has 11 rings (SSSR count). The maximum atomic E-state index is 5.44. The first-order valence-corrected chi connectivity index (χ1v) is 18.5. The van der Waals surface area contributed by atoms with Crippen LogP contribution in [0.5, 0.6) is 0 Å². The smallest absolute Gasteiger partial charge is 0.0788 e. The van der Waals surface area contributed by atoms with Gasteiger partial charge >= 0.3 is 0 Å². The van der Waals surface area contributed by atoms with Gasteiger partial charge in [0.25, 0.3) is 0 Å². The van der Waals surface area contributed by atoms with Crippen molar-refractivity contribution in [1.29, 1.82) is 0 Å². The molecule has 250 valence electrons. The fourth-order valence-electron chi connectivity index (χ4n) is 8.53. The number of rotatable bonds is 4. The number of benzene rings is 9. The Morgan fingerprint density at radius 3 is 1.46 bits per heavy atom. The van der Waals surface area contributed by atoms with Crippen LogP contribution in [0.25, 0.3) is 110 Å². The minimum Gasteiger partial charge on any atom is -0.247 e. The fraction of sp³-hybridized carbons (Fsp3) is 0. The molecule has 2 aromatic heterocycles. The Morgan fingerprint density at radius 1 is 0.259 bits per heavy atom. The summed E-state index contributed by atoms with van der Waals surface area (Å²) in [4.78, 5) is 10.8. The SMILES string of the molecule is c1ccc(-c2cc(-c3cc4c(-c5ccccc5)nc5ccccc5c4c4ccccc34)cc(-c3nc4ccccc4c4c3ccc3ccccc34)c2)cc1. The van der Waals surface area contributed by atoms with Crippen LogP contribution in [0.3, 0.4) is 0 Å². The molecule has 0 aliphatic heterocycles. The number of aromatic nitrogens is 2. The molecule has 2 heteroatoms. The van der Waals surface area contributed by atoms with E-state index in [9.17, 15) is 0 Å². The zero-order valence-electron chi connectivity index (χ0n) is 29.4. The number of hydrogen-bond acceptors (Lipinski definition) is 2. The lowest BCUT2D eigenvalue weighted by Crippen LogP contribution is -1.94. The van der Waals surface area contributed by atoms with E-state index in [0.717, 1.165) is 60.8 Å². The van der Waals surface area contributed by atoms with E-state index < -0.39 is 0 Å². The van der Waals surface area contributed by atoms with Gasteiger partial charge in [-0.05, 0) is 80.2 Å². The van der Waals surface area contributed by atoms with E-state index in [1.165, 1.54) is 48.8 Å². The van der Waals surface area contributed by atoms with Crippen LogP contribution < -0.4 is 0 Å². The first-order valence-electron chi connectivity index (χ1n) is 18.5. The quantitative estimate of drug-likeness (QED) is 0.172. The van der Waals surface area contributed by atoms with E-state index in [-0.39, 0.29) is 0 Å². The van der Waals surface area contributed by atoms with Crippen LogP contribution in [-0.2, 0) is 0 Å². The van der Waals surface area contributed by atoms with Crippen LogP contribution in [0.1, 0.15) is 0 Å². The predicted molar refractivity (Wildman–Crippen MR) is 229 cm³/mol. The fourth-order valence-corrected chi connectivity index (χ4v) is 8.53. The third-order valence-corrected chi connectivity index (χ3v) is 11.0. The lowest BCUT2D eigenvalue weighted by molar-refractivity contribution is 1.42. The number of hydrogen-bond donors (Lipinski definition) is 0. The topological polar surface area (TPSA) is 25.8 Å². The first kappa shape index (κ1) is 30.5. The van der Waals surface area contributed by atoms with Crippen molar-refractivity contribution in [2.75, 3.05) is 0 Å². The molecule has 0 aliphatic rings. The van der Waals surface area contributed by atoms with Gasteiger partial charge in [0.2, 0.25) is 0 Å². The molecule has 0 N–H and O–H groups in total. The Bertz CT molecular complexity index is 3240. The van der Waals surface area contributed by atoms with Gasteiger partial charge in [-0.1, -0.05) is 158 Å². The van der Waals surface area contributed by atoms with E-state index in [2.05, 4.69) is 194 Å². The highest BCUT2D eigenvalue weighted by atomic mass is 14.7. The molecule has 0 atom stereocenters. The van der Waals surface area contributed by atoms with Gasteiger partial charge in [-0.25, -0.2) is 9.97 Å². The van der Waals surface area contributed by atoms with Crippen LogP contribution in [0.4, 0.5) is 0 Å². The molecule has 11 aromatic rings. The molecule has 0 radical (unpaired) electrons. The summed E-state index contributed by atoms with van der Waals surface area (Å²) in [5, 5.41) is 12.0. The molecular formula is C52H32N2. The van der Waals surface area contributed by atoms with Gasteiger partial charge in [-0.3, -0.25) is 0 Å². The van der Waals surface area contributed by atoms with Crippen molar-refractivity contribution < 1.29 is 0 Å². The van der Waals surface area contributed by atoms with Crippen molar-refractivity contribution in [2.45, 2.75) is 0 Å². The van der Waals surface area contributed by atoms with Crippen LogP contribution in [-0.4, -0.2) is 9.97 Å². The molecule has 0 amide bonds. The van der Waals surface area contributed by atoms with E-state index >= 15 is 0 Å². The lowest BCUT2D eigenvalue weighted by atomic mass is 9.87. The van der Waals surface area contributed by atoms with Gasteiger partial charge in [0.05, 0.1) is 22.4 Å². The van der Waals surface area contributed by atoms with Gasteiger partial charge in [-0.2, -0.15) is 0 Å². The average molecular weight is 685 g/mol. The minimum absolute atomic E-state index is 0.983. The Balaban J connectivity index is 1.27. The summed E-state index contributed by atoms with van der Waals surface area (Å²) in [5.41, 5.74) is 10.8. The van der Waals surface area contributed by atoms with Crippen LogP contribution in [0.15, 0.2) is 194 Å². The molecule has 0 aliphatic carbocycles. The van der Waals surface area contributed by atoms with Gasteiger partial charge in [-0.15, -0.1) is 0 Å². The predicted octanol–water partition coefficient (Wildman–Crippen LogP) is 14.1. The van der Waals surface area contributed by atoms with Gasteiger partial charge in [0.15, 0.2) is 0 Å². The van der Waals surface area contributed by atoms with Crippen molar-refractivity contribution in [3.05, 3.63) is 194 Å². The second kappa shape index (κ2) is 12.2. The molecule has 9 aromatic carbocycles. The summed E-state index contributed by atoms with van der Waals surface area (Å²) < 4.78 is 0. The number of nitrogens with zero attached hydrogens (tertiary/aromatic N) is 2. The molecule has 0 unspecified atom stereocenters. The third-order valence-electron chi connectivity index (χ3n) is 11.0. The van der Waals surface area contributed by atoms with E-state index in [1.54, 1.807) is 0 Å². The molecule has 0 fully saturated rings. The monoisotopic (exact) mass is 684 g/mol. The van der Waals surface area contributed by atoms with E-state index in [4.69, 9.17) is 9.97 Å². The maximum Gasteiger partial charge on any atom is 0.0788 e. The minimum atomic E-state index is 0.983. The molecule has 0 saturated heterocycles. The summed E-state index contributed by atoms with van der Waals surface area (Å²) in [6, 6.07) is 69.8. The molecule has 0 saturated carbocycles. The normalized spacial score (nSPS) is 11.7. The van der Waals surface area contributed by atoms with Crippen molar-refractivity contribution >= 4 is 64.9 Å². The summed E-state index contributed by atoms with van der Waals surface area (Å²) in [7, 11) is 0. The van der Waals surface area contributed by atoms with E-state index in [0.29, 0.717) is 0 Å². The Kier molecular flexibility index (Phi) is 6.90. The molecule has 0 bridgehead atoms. The summed E-state index contributed by atoms with van der Waals surface area (Å²) in [6.07, 6.45) is 0. The third kappa shape index (κ3) is 4.81. The number of para-hydroxylation sites is 2. The summed E-state index contributed by atoms with van der Waals surface area (Å²) in [5.74, 6) is 0. The van der Waals surface area contributed by atoms with Gasteiger partial charge in [0.1, 0.15) is 0 Å². The Labute approximate surface area is 312 Å². The van der Waals surface area contributed by atoms with Crippen molar-refractivity contribution in [3.63, 3.8) is 0 Å².